The molecule has 0 bridgehead atoms. The van der Waals surface area contributed by atoms with Gasteiger partial charge in [-0.25, -0.2) is 0 Å². The van der Waals surface area contributed by atoms with Crippen LogP contribution in [0.1, 0.15) is 74.5 Å². The highest BCUT2D eigenvalue weighted by molar-refractivity contribution is 6.32. The number of ether oxygens (including phenoxy) is 4. The van der Waals surface area contributed by atoms with E-state index in [0.29, 0.717) is 44.2 Å². The zero-order valence-electron chi connectivity index (χ0n) is 40.0. The third-order valence-corrected chi connectivity index (χ3v) is 12.6. The van der Waals surface area contributed by atoms with Gasteiger partial charge in [-0.2, -0.15) is 0 Å². The van der Waals surface area contributed by atoms with Crippen molar-refractivity contribution in [2.24, 2.45) is 9.98 Å². The van der Waals surface area contributed by atoms with Crippen LogP contribution in [0.3, 0.4) is 0 Å². The van der Waals surface area contributed by atoms with Crippen LogP contribution in [0.5, 0.6) is 23.0 Å². The SMILES string of the molecule is C/N=C/c1cncc(COc2cc(OCc3cccc(-c4cccc(COc5cc(OCc6cncc(C7C=N7)c6)c(CN[C@H](CCO)C(=O)O)cc5Cl)c4C)c3C)c(Cl)cc2CN[C@H](CCO)C(=O)O)c1. The van der Waals surface area contributed by atoms with Crippen LogP contribution in [0.25, 0.3) is 11.1 Å². The number of aliphatic hydroxyl groups excluding tert-OH is 2. The molecular formula is C54H56Cl2N6O10. The Labute approximate surface area is 427 Å². The van der Waals surface area contributed by atoms with Gasteiger partial charge in [0, 0.05) is 116 Å². The second kappa shape index (κ2) is 25.5. The van der Waals surface area contributed by atoms with Crippen molar-refractivity contribution in [3.8, 4) is 34.1 Å². The Hall–Kier alpha value is -6.92. The van der Waals surface area contributed by atoms with Gasteiger partial charge in [-0.1, -0.05) is 59.6 Å². The Kier molecular flexibility index (Phi) is 18.7. The number of benzene rings is 4. The number of nitrogens with zero attached hydrogens (tertiary/aromatic N) is 4. The summed E-state index contributed by atoms with van der Waals surface area (Å²) in [6.07, 6.45) is 10.4. The van der Waals surface area contributed by atoms with E-state index in [4.69, 9.17) is 42.1 Å². The number of aliphatic carboxylic acids is 2. The van der Waals surface area contributed by atoms with Crippen LogP contribution >= 0.6 is 23.2 Å². The lowest BCUT2D eigenvalue weighted by atomic mass is 9.92. The van der Waals surface area contributed by atoms with Crippen molar-refractivity contribution >= 4 is 47.6 Å². The molecule has 376 valence electrons. The lowest BCUT2D eigenvalue weighted by Crippen LogP contribution is -2.37. The molecule has 3 heterocycles. The quantitative estimate of drug-likeness (QED) is 0.0267. The summed E-state index contributed by atoms with van der Waals surface area (Å²) in [5, 5.41) is 44.8. The Morgan fingerprint density at radius 2 is 1.12 bits per heavy atom. The molecule has 0 saturated heterocycles. The molecule has 0 fully saturated rings. The minimum Gasteiger partial charge on any atom is -0.488 e. The van der Waals surface area contributed by atoms with Gasteiger partial charge in [0.1, 0.15) is 67.6 Å². The average molecular weight is 1020 g/mol. The lowest BCUT2D eigenvalue weighted by molar-refractivity contribution is -0.140. The zero-order chi connectivity index (χ0) is 51.1. The smallest absolute Gasteiger partial charge is 0.320 e. The summed E-state index contributed by atoms with van der Waals surface area (Å²) in [5.74, 6) is -0.578. The molecule has 18 heteroatoms. The van der Waals surface area contributed by atoms with Crippen molar-refractivity contribution < 1.29 is 49.0 Å². The van der Waals surface area contributed by atoms with Gasteiger partial charge in [-0.15, -0.1) is 0 Å². The third-order valence-electron chi connectivity index (χ3n) is 12.0. The van der Waals surface area contributed by atoms with Gasteiger partial charge in [0.25, 0.3) is 0 Å². The first kappa shape index (κ1) is 52.9. The number of nitrogens with one attached hydrogen (secondary N) is 2. The second-order valence-electron chi connectivity index (χ2n) is 17.1. The van der Waals surface area contributed by atoms with Crippen molar-refractivity contribution in [3.63, 3.8) is 0 Å². The van der Waals surface area contributed by atoms with E-state index in [1.807, 2.05) is 56.5 Å². The maximum atomic E-state index is 11.9. The molecule has 1 aliphatic rings. The molecule has 0 saturated carbocycles. The number of halogens is 2. The third kappa shape index (κ3) is 14.1. The van der Waals surface area contributed by atoms with Crippen LogP contribution in [0.2, 0.25) is 10.0 Å². The molecule has 6 N–H and O–H groups in total. The van der Waals surface area contributed by atoms with Crippen molar-refractivity contribution in [2.75, 3.05) is 20.3 Å². The molecule has 1 aliphatic heterocycles. The number of rotatable bonds is 27. The first-order valence-corrected chi connectivity index (χ1v) is 23.9. The molecule has 0 spiro atoms. The van der Waals surface area contributed by atoms with E-state index in [2.05, 4.69) is 42.7 Å². The fourth-order valence-electron chi connectivity index (χ4n) is 7.93. The summed E-state index contributed by atoms with van der Waals surface area (Å²) in [6, 6.07) is 20.7. The van der Waals surface area contributed by atoms with Gasteiger partial charge in [0.2, 0.25) is 0 Å². The molecule has 7 rings (SSSR count). The van der Waals surface area contributed by atoms with Gasteiger partial charge in [-0.05, 0) is 84.3 Å². The Balaban J connectivity index is 1.08. The van der Waals surface area contributed by atoms with Gasteiger partial charge in [0.05, 0.1) is 10.0 Å². The zero-order valence-corrected chi connectivity index (χ0v) is 41.5. The number of pyridine rings is 2. The lowest BCUT2D eigenvalue weighted by Gasteiger charge is -2.20. The van der Waals surface area contributed by atoms with E-state index in [-0.39, 0.29) is 71.6 Å². The minimum atomic E-state index is -1.09. The van der Waals surface area contributed by atoms with Gasteiger partial charge in [0.15, 0.2) is 0 Å². The molecule has 72 heavy (non-hydrogen) atoms. The van der Waals surface area contributed by atoms with Crippen molar-refractivity contribution in [2.45, 2.75) is 84.3 Å². The van der Waals surface area contributed by atoms with Crippen molar-refractivity contribution in [3.05, 3.63) is 163 Å². The average Bonchev–Trinajstić information content (AvgIpc) is 4.22. The van der Waals surface area contributed by atoms with Crippen molar-refractivity contribution in [1.82, 2.24) is 20.6 Å². The standard InChI is InChI=1S/C54H56Cl2N6O10/c1-32-37(30-71-51-18-49(69-28-35-14-34(20-57-3)21-58-22-35)40(16-44(51)55)25-60-46(10-12-63)53(65)66)6-4-8-42(32)43-9-5-7-38(33(43)2)31-72-52-19-50(70-29-36-15-39(24-59-23-36)48-27-62-48)41(17-45(52)56)26-61-47(11-13-64)54(67)68/h4-9,14-24,27,46-48,60-61,63-64H,10-13,25-26,28-31H2,1-3H3,(H,65,66)(H,67,68)/b57-20+/t46-,47-,48?/m1/s1. The summed E-state index contributed by atoms with van der Waals surface area (Å²) >= 11 is 13.7. The highest BCUT2D eigenvalue weighted by atomic mass is 35.5. The number of aromatic nitrogens is 2. The van der Waals surface area contributed by atoms with E-state index in [1.165, 1.54) is 0 Å². The maximum Gasteiger partial charge on any atom is 0.320 e. The second-order valence-corrected chi connectivity index (χ2v) is 17.9. The van der Waals surface area contributed by atoms with E-state index in [0.717, 1.165) is 55.6 Å². The van der Waals surface area contributed by atoms with E-state index in [1.54, 1.807) is 62.3 Å². The number of aliphatic imine (C=N–C) groups is 2. The maximum absolute atomic E-state index is 11.9. The molecule has 2 aromatic heterocycles. The predicted molar refractivity (Wildman–Crippen MR) is 275 cm³/mol. The van der Waals surface area contributed by atoms with Crippen LogP contribution < -0.4 is 29.6 Å². The molecule has 3 atom stereocenters. The van der Waals surface area contributed by atoms with E-state index < -0.39 is 24.0 Å². The summed E-state index contributed by atoms with van der Waals surface area (Å²) in [4.78, 5) is 40.6. The number of hydrogen-bond donors (Lipinski definition) is 6. The fourth-order valence-corrected chi connectivity index (χ4v) is 8.42. The fraction of sp³-hybridized carbons (Fsp3) is 0.296. The molecule has 4 aromatic carbocycles. The molecular weight excluding hydrogens is 964 g/mol. The highest BCUT2D eigenvalue weighted by Gasteiger charge is 2.22. The predicted octanol–water partition coefficient (Wildman–Crippen LogP) is 8.41. The van der Waals surface area contributed by atoms with E-state index >= 15 is 0 Å². The number of hydrogen-bond acceptors (Lipinski definition) is 14. The number of carboxylic acids is 2. The molecule has 0 aliphatic carbocycles. The number of aliphatic hydroxyl groups is 2. The van der Waals surface area contributed by atoms with Gasteiger partial charge >= 0.3 is 11.9 Å². The molecule has 0 amide bonds. The van der Waals surface area contributed by atoms with Crippen LogP contribution in [-0.4, -0.2) is 87.1 Å². The summed E-state index contributed by atoms with van der Waals surface area (Å²) in [5.41, 5.74) is 10.4. The van der Waals surface area contributed by atoms with Gasteiger partial charge in [-0.3, -0.25) is 29.5 Å². The highest BCUT2D eigenvalue weighted by Crippen LogP contribution is 2.38. The van der Waals surface area contributed by atoms with Crippen molar-refractivity contribution in [1.29, 1.82) is 0 Å². The first-order chi connectivity index (χ1) is 34.8. The van der Waals surface area contributed by atoms with E-state index in [9.17, 15) is 30.0 Å². The minimum absolute atomic E-state index is 0.0208. The van der Waals surface area contributed by atoms with Crippen LogP contribution in [0.4, 0.5) is 0 Å². The molecule has 6 aromatic rings. The largest absolute Gasteiger partial charge is 0.488 e. The summed E-state index contributed by atoms with van der Waals surface area (Å²) in [6.45, 7) is 4.33. The Bertz CT molecular complexity index is 2930. The normalized spacial score (nSPS) is 13.7. The van der Waals surface area contributed by atoms with Gasteiger partial charge < -0.3 is 50.0 Å². The first-order valence-electron chi connectivity index (χ1n) is 23.2. The molecule has 1 unspecified atom stereocenters. The van der Waals surface area contributed by atoms with Crippen LogP contribution in [0.15, 0.2) is 108 Å². The number of carboxylic acid groups (broad SMARTS) is 2. The van der Waals surface area contributed by atoms with Crippen LogP contribution in [-0.2, 0) is 49.1 Å². The topological polar surface area (TPSA) is 227 Å². The monoisotopic (exact) mass is 1020 g/mol. The Morgan fingerprint density at radius 3 is 1.58 bits per heavy atom. The van der Waals surface area contributed by atoms with Crippen LogP contribution in [0, 0.1) is 13.8 Å². The Morgan fingerprint density at radius 1 is 0.653 bits per heavy atom. The summed E-state index contributed by atoms with van der Waals surface area (Å²) in [7, 11) is 1.68. The summed E-state index contributed by atoms with van der Waals surface area (Å²) < 4.78 is 25.4. The number of carbonyl (C=O) groups is 2. The molecule has 16 nitrogen and oxygen atoms in total. The molecule has 0 radical (unpaired) electrons.